The molecule has 1 heterocycles. The summed E-state index contributed by atoms with van der Waals surface area (Å²) in [6.07, 6.45) is 0.877. The van der Waals surface area contributed by atoms with Crippen LogP contribution in [-0.2, 0) is 4.79 Å². The molecule has 3 aromatic carbocycles. The van der Waals surface area contributed by atoms with Crippen molar-refractivity contribution in [1.82, 2.24) is 0 Å². The number of anilines is 2. The van der Waals surface area contributed by atoms with Crippen LogP contribution >= 0.6 is 11.6 Å². The first-order valence-corrected chi connectivity index (χ1v) is 12.4. The number of nitro benzene ring substituents is 1. The molecule has 3 aromatic rings. The number of Topliss-reactive ketones (excluding diaryl/α,β-unsaturated/α-hetero) is 1. The number of para-hydroxylation sites is 2. The van der Waals surface area contributed by atoms with Crippen molar-refractivity contribution in [2.75, 3.05) is 24.4 Å². The van der Waals surface area contributed by atoms with E-state index in [0.29, 0.717) is 42.1 Å². The number of carbonyl (C=O) groups excluding carboxylic acids is 1. The molecule has 0 fully saturated rings. The summed E-state index contributed by atoms with van der Waals surface area (Å²) in [5.74, 6) is 1.17. The summed E-state index contributed by atoms with van der Waals surface area (Å²) in [7, 11) is 1.60. The van der Waals surface area contributed by atoms with E-state index in [1.54, 1.807) is 13.2 Å². The van der Waals surface area contributed by atoms with E-state index in [1.165, 1.54) is 12.1 Å². The van der Waals surface area contributed by atoms with Gasteiger partial charge in [-0.1, -0.05) is 35.9 Å². The molecular weight excluding hydrogens is 494 g/mol. The lowest BCUT2D eigenvalue weighted by atomic mass is 9.78. The molecule has 9 heteroatoms. The Balaban J connectivity index is 1.58. The zero-order valence-corrected chi connectivity index (χ0v) is 21.2. The number of rotatable bonds is 6. The maximum atomic E-state index is 13.8. The summed E-state index contributed by atoms with van der Waals surface area (Å²) in [6.45, 7) is 2.44. The second-order valence-electron chi connectivity index (χ2n) is 8.98. The summed E-state index contributed by atoms with van der Waals surface area (Å²) in [4.78, 5) is 24.8. The molecule has 0 aromatic heterocycles. The van der Waals surface area contributed by atoms with Crippen LogP contribution < -0.4 is 20.1 Å². The van der Waals surface area contributed by atoms with Crippen molar-refractivity contribution in [3.05, 3.63) is 98.2 Å². The van der Waals surface area contributed by atoms with Gasteiger partial charge in [0, 0.05) is 23.8 Å². The topological polar surface area (TPSA) is 103 Å². The molecule has 8 nitrogen and oxygen atoms in total. The SMILES string of the molecule is CCOc1ccc(C2CC(=O)C3=C(C2)Nc2ccccc2NC3c2ccc(Cl)c([N+](=O)[O-])c2)cc1OC. The third kappa shape index (κ3) is 4.72. The molecule has 2 unspecified atom stereocenters. The Kier molecular flexibility index (Phi) is 6.76. The third-order valence-corrected chi connectivity index (χ3v) is 7.09. The Labute approximate surface area is 219 Å². The molecule has 0 amide bonds. The van der Waals surface area contributed by atoms with Crippen LogP contribution in [0.2, 0.25) is 5.02 Å². The van der Waals surface area contributed by atoms with Gasteiger partial charge in [0.2, 0.25) is 0 Å². The first-order chi connectivity index (χ1) is 17.9. The van der Waals surface area contributed by atoms with Crippen molar-refractivity contribution < 1.29 is 19.2 Å². The summed E-state index contributed by atoms with van der Waals surface area (Å²) < 4.78 is 11.2. The first kappa shape index (κ1) is 24.6. The molecule has 0 saturated carbocycles. The second kappa shape index (κ2) is 10.1. The van der Waals surface area contributed by atoms with Gasteiger partial charge in [-0.3, -0.25) is 14.9 Å². The van der Waals surface area contributed by atoms with E-state index in [-0.39, 0.29) is 22.4 Å². The second-order valence-corrected chi connectivity index (χ2v) is 9.39. The van der Waals surface area contributed by atoms with E-state index in [1.807, 2.05) is 49.4 Å². The van der Waals surface area contributed by atoms with Crippen molar-refractivity contribution in [1.29, 1.82) is 0 Å². The van der Waals surface area contributed by atoms with Crippen LogP contribution in [0.3, 0.4) is 0 Å². The molecule has 0 saturated heterocycles. The number of benzene rings is 3. The maximum Gasteiger partial charge on any atom is 0.288 e. The molecule has 2 aliphatic rings. The van der Waals surface area contributed by atoms with Crippen molar-refractivity contribution >= 4 is 34.4 Å². The summed E-state index contributed by atoms with van der Waals surface area (Å²) in [5.41, 5.74) is 4.36. The summed E-state index contributed by atoms with van der Waals surface area (Å²) >= 11 is 6.08. The Bertz CT molecular complexity index is 1420. The molecule has 0 bridgehead atoms. The number of nitrogens with one attached hydrogen (secondary N) is 2. The highest BCUT2D eigenvalue weighted by Crippen LogP contribution is 2.46. The molecule has 1 aliphatic heterocycles. The normalized spacial score (nSPS) is 18.6. The lowest BCUT2D eigenvalue weighted by Crippen LogP contribution is -2.27. The monoisotopic (exact) mass is 519 g/mol. The van der Waals surface area contributed by atoms with Gasteiger partial charge >= 0.3 is 0 Å². The molecule has 5 rings (SSSR count). The lowest BCUT2D eigenvalue weighted by molar-refractivity contribution is -0.384. The third-order valence-electron chi connectivity index (χ3n) is 6.77. The van der Waals surface area contributed by atoms with Crippen LogP contribution in [0.4, 0.5) is 17.1 Å². The minimum absolute atomic E-state index is 0.0329. The highest BCUT2D eigenvalue weighted by molar-refractivity contribution is 6.32. The molecule has 2 N–H and O–H groups in total. The zero-order valence-electron chi connectivity index (χ0n) is 20.4. The van der Waals surface area contributed by atoms with Crippen LogP contribution in [0.15, 0.2) is 71.9 Å². The number of carbonyl (C=O) groups is 1. The van der Waals surface area contributed by atoms with E-state index in [9.17, 15) is 14.9 Å². The molecule has 37 heavy (non-hydrogen) atoms. The number of ketones is 1. The van der Waals surface area contributed by atoms with Gasteiger partial charge in [0.25, 0.3) is 5.69 Å². The summed E-state index contributed by atoms with van der Waals surface area (Å²) in [5, 5.41) is 18.6. The van der Waals surface area contributed by atoms with Crippen LogP contribution in [-0.4, -0.2) is 24.4 Å². The smallest absolute Gasteiger partial charge is 0.288 e. The number of methoxy groups -OCH3 is 1. The number of nitro groups is 1. The average Bonchev–Trinajstić information content (AvgIpc) is 3.06. The number of nitrogens with zero attached hydrogens (tertiary/aromatic N) is 1. The van der Waals surface area contributed by atoms with Crippen molar-refractivity contribution in [3.8, 4) is 11.5 Å². The van der Waals surface area contributed by atoms with E-state index in [4.69, 9.17) is 21.1 Å². The molecular formula is C28H26ClN3O5. The Morgan fingerprint density at radius 2 is 1.78 bits per heavy atom. The zero-order chi connectivity index (χ0) is 26.1. The van der Waals surface area contributed by atoms with E-state index in [0.717, 1.165) is 22.6 Å². The van der Waals surface area contributed by atoms with Gasteiger partial charge in [-0.05, 0) is 60.7 Å². The lowest BCUT2D eigenvalue weighted by Gasteiger charge is -2.30. The van der Waals surface area contributed by atoms with Crippen molar-refractivity contribution in [2.24, 2.45) is 0 Å². The highest BCUT2D eigenvalue weighted by atomic mass is 35.5. The number of allylic oxidation sites excluding steroid dienone is 1. The van der Waals surface area contributed by atoms with Gasteiger partial charge in [0.05, 0.1) is 36.1 Å². The van der Waals surface area contributed by atoms with Crippen LogP contribution in [0.5, 0.6) is 11.5 Å². The number of hydrogen-bond acceptors (Lipinski definition) is 7. The van der Waals surface area contributed by atoms with Gasteiger partial charge < -0.3 is 20.1 Å². The van der Waals surface area contributed by atoms with E-state index >= 15 is 0 Å². The van der Waals surface area contributed by atoms with E-state index in [2.05, 4.69) is 10.6 Å². The van der Waals surface area contributed by atoms with Crippen molar-refractivity contribution in [2.45, 2.75) is 31.7 Å². The van der Waals surface area contributed by atoms with E-state index < -0.39 is 11.0 Å². The maximum absolute atomic E-state index is 13.8. The van der Waals surface area contributed by atoms with Gasteiger partial charge in [0.1, 0.15) is 5.02 Å². The van der Waals surface area contributed by atoms with Crippen molar-refractivity contribution in [3.63, 3.8) is 0 Å². The van der Waals surface area contributed by atoms with Crippen LogP contribution in [0, 0.1) is 10.1 Å². The molecule has 2 atom stereocenters. The fourth-order valence-corrected chi connectivity index (χ4v) is 5.23. The minimum Gasteiger partial charge on any atom is -0.493 e. The summed E-state index contributed by atoms with van der Waals surface area (Å²) in [6, 6.07) is 17.5. The minimum atomic E-state index is -0.578. The fourth-order valence-electron chi connectivity index (χ4n) is 5.04. The largest absolute Gasteiger partial charge is 0.493 e. The number of hydrogen-bond donors (Lipinski definition) is 2. The average molecular weight is 520 g/mol. The Hall–Kier alpha value is -4.04. The Morgan fingerprint density at radius 3 is 2.51 bits per heavy atom. The van der Waals surface area contributed by atoms with Gasteiger partial charge in [-0.2, -0.15) is 0 Å². The highest BCUT2D eigenvalue weighted by Gasteiger charge is 2.37. The number of ether oxygens (including phenoxy) is 2. The van der Waals surface area contributed by atoms with Gasteiger partial charge in [-0.25, -0.2) is 0 Å². The first-order valence-electron chi connectivity index (χ1n) is 12.0. The molecule has 1 aliphatic carbocycles. The van der Waals surface area contributed by atoms with Crippen LogP contribution in [0.25, 0.3) is 0 Å². The quantitative estimate of drug-likeness (QED) is 0.278. The molecule has 0 radical (unpaired) electrons. The fraction of sp³-hybridized carbons (Fsp3) is 0.250. The van der Waals surface area contributed by atoms with Crippen LogP contribution in [0.1, 0.15) is 42.9 Å². The number of fused-ring (bicyclic) bond motifs is 1. The number of halogens is 1. The molecule has 0 spiro atoms. The Morgan fingerprint density at radius 1 is 1.03 bits per heavy atom. The van der Waals surface area contributed by atoms with Gasteiger partial charge in [-0.15, -0.1) is 0 Å². The standard InChI is InChI=1S/C28H26ClN3O5/c1-3-37-25-11-9-16(15-26(25)36-2)18-12-22-27(24(33)14-18)28(31-21-7-5-4-6-20(21)30-22)17-8-10-19(29)23(13-17)32(34)35/h4-11,13,15,18,28,30-31H,3,12,14H2,1-2H3. The molecule has 190 valence electrons. The predicted molar refractivity (Wildman–Crippen MR) is 143 cm³/mol. The predicted octanol–water partition coefficient (Wildman–Crippen LogP) is 6.64. The van der Waals surface area contributed by atoms with Gasteiger partial charge in [0.15, 0.2) is 17.3 Å².